The third-order valence-electron chi connectivity index (χ3n) is 4.62. The van der Waals surface area contributed by atoms with E-state index in [4.69, 9.17) is 5.11 Å². The molecule has 0 aliphatic carbocycles. The van der Waals surface area contributed by atoms with Gasteiger partial charge >= 0.3 is 5.97 Å². The van der Waals surface area contributed by atoms with Crippen LogP contribution in [0.2, 0.25) is 0 Å². The Hall–Kier alpha value is -2.93. The maximum Gasteiger partial charge on any atom is 0.337 e. The summed E-state index contributed by atoms with van der Waals surface area (Å²) in [5.41, 5.74) is -1.30. The lowest BCUT2D eigenvalue weighted by molar-refractivity contribution is -0.156. The molecule has 1 heterocycles. The average Bonchev–Trinajstić information content (AvgIpc) is 3.00. The third kappa shape index (κ3) is 3.39. The van der Waals surface area contributed by atoms with E-state index in [1.54, 1.807) is 4.90 Å². The first-order chi connectivity index (χ1) is 12.3. The van der Waals surface area contributed by atoms with Crippen molar-refractivity contribution in [2.24, 2.45) is 5.92 Å². The van der Waals surface area contributed by atoms with Crippen LogP contribution in [0.15, 0.2) is 42.5 Å². The second kappa shape index (κ2) is 6.76. The number of nitrogens with one attached hydrogen (secondary N) is 1. The number of anilines is 1. The van der Waals surface area contributed by atoms with Crippen LogP contribution in [-0.4, -0.2) is 46.7 Å². The van der Waals surface area contributed by atoms with Crippen molar-refractivity contribution in [3.63, 3.8) is 0 Å². The molecule has 1 aliphatic rings. The van der Waals surface area contributed by atoms with Crippen LogP contribution < -0.4 is 10.2 Å². The summed E-state index contributed by atoms with van der Waals surface area (Å²) in [6, 6.07) is 13.4. The molecule has 1 fully saturated rings. The van der Waals surface area contributed by atoms with Gasteiger partial charge in [-0.05, 0) is 18.4 Å². The minimum Gasteiger partial charge on any atom is -0.479 e. The van der Waals surface area contributed by atoms with Gasteiger partial charge in [0.15, 0.2) is 5.60 Å². The molecular weight excluding hydrogens is 336 g/mol. The molecule has 0 bridgehead atoms. The number of aliphatic carboxylic acids is 1. The molecular formula is C19H20N2O5. The van der Waals surface area contributed by atoms with Crippen molar-refractivity contribution < 1.29 is 24.6 Å². The molecule has 0 radical (unpaired) electrons. The van der Waals surface area contributed by atoms with Crippen LogP contribution in [0.5, 0.6) is 0 Å². The highest BCUT2D eigenvalue weighted by molar-refractivity contribution is 6.07. The second-order valence-electron chi connectivity index (χ2n) is 6.70. The molecule has 1 aliphatic heterocycles. The number of carbonyl (C=O) groups is 3. The zero-order valence-corrected chi connectivity index (χ0v) is 14.3. The van der Waals surface area contributed by atoms with Crippen LogP contribution in [-0.2, 0) is 14.4 Å². The number of hydrogen-bond donors (Lipinski definition) is 3. The van der Waals surface area contributed by atoms with Gasteiger partial charge in [-0.15, -0.1) is 0 Å². The first kappa shape index (κ1) is 17.9. The van der Waals surface area contributed by atoms with Gasteiger partial charge in [-0.2, -0.15) is 0 Å². The number of fused-ring (bicyclic) bond motifs is 1. The molecule has 2 unspecified atom stereocenters. The molecule has 1 saturated heterocycles. The van der Waals surface area contributed by atoms with Crippen molar-refractivity contribution in [3.05, 3.63) is 42.5 Å². The zero-order valence-electron chi connectivity index (χ0n) is 14.3. The Balaban J connectivity index is 1.74. The first-order valence-corrected chi connectivity index (χ1v) is 8.31. The number of carbonyl (C=O) groups excluding carboxylic acids is 2. The van der Waals surface area contributed by atoms with E-state index in [1.165, 1.54) is 0 Å². The number of carboxylic acids is 1. The van der Waals surface area contributed by atoms with Gasteiger partial charge in [0.1, 0.15) is 0 Å². The quantitative estimate of drug-likeness (QED) is 0.745. The van der Waals surface area contributed by atoms with E-state index >= 15 is 0 Å². The Morgan fingerprint density at radius 1 is 1.23 bits per heavy atom. The lowest BCUT2D eigenvalue weighted by Crippen LogP contribution is -2.48. The zero-order chi connectivity index (χ0) is 18.9. The number of amides is 2. The Kier molecular flexibility index (Phi) is 4.65. The molecule has 3 N–H and O–H groups in total. The van der Waals surface area contributed by atoms with Crippen molar-refractivity contribution in [3.8, 4) is 0 Å². The summed E-state index contributed by atoms with van der Waals surface area (Å²) in [5.74, 6) is -2.61. The summed E-state index contributed by atoms with van der Waals surface area (Å²) < 4.78 is 0. The highest BCUT2D eigenvalue weighted by Crippen LogP contribution is 2.31. The fourth-order valence-electron chi connectivity index (χ4n) is 3.04. The molecule has 136 valence electrons. The van der Waals surface area contributed by atoms with Gasteiger partial charge in [-0.1, -0.05) is 36.4 Å². The summed E-state index contributed by atoms with van der Waals surface area (Å²) in [7, 11) is 0. The number of benzene rings is 2. The second-order valence-corrected chi connectivity index (χ2v) is 6.70. The lowest BCUT2D eigenvalue weighted by Gasteiger charge is -2.21. The molecule has 7 nitrogen and oxygen atoms in total. The van der Waals surface area contributed by atoms with Gasteiger partial charge in [0.25, 0.3) is 0 Å². The minimum atomic E-state index is -2.05. The summed E-state index contributed by atoms with van der Waals surface area (Å²) in [6.07, 6.45) is 0.0459. The van der Waals surface area contributed by atoms with Gasteiger partial charge < -0.3 is 20.4 Å². The van der Waals surface area contributed by atoms with E-state index in [9.17, 15) is 19.5 Å². The standard InChI is InChI=1S/C19H20N2O5/c1-19(26,18(24)25)11-20-17(23)13-9-16(22)21(10-13)15-8-4-6-12-5-2-3-7-14(12)15/h2-8,13,26H,9-11H2,1H3,(H,20,23)(H,24,25). The number of carboxylic acid groups (broad SMARTS) is 1. The minimum absolute atomic E-state index is 0.0459. The topological polar surface area (TPSA) is 107 Å². The van der Waals surface area contributed by atoms with Crippen LogP contribution in [0.1, 0.15) is 13.3 Å². The highest BCUT2D eigenvalue weighted by Gasteiger charge is 2.37. The fourth-order valence-corrected chi connectivity index (χ4v) is 3.04. The predicted octanol–water partition coefficient (Wildman–Crippen LogP) is 1.14. The van der Waals surface area contributed by atoms with Crippen LogP contribution in [0.25, 0.3) is 10.8 Å². The Morgan fingerprint density at radius 3 is 2.65 bits per heavy atom. The van der Waals surface area contributed by atoms with Crippen molar-refractivity contribution in [2.45, 2.75) is 18.9 Å². The van der Waals surface area contributed by atoms with E-state index in [2.05, 4.69) is 5.32 Å². The van der Waals surface area contributed by atoms with E-state index in [1.807, 2.05) is 42.5 Å². The van der Waals surface area contributed by atoms with E-state index in [-0.39, 0.29) is 18.9 Å². The van der Waals surface area contributed by atoms with Crippen molar-refractivity contribution in [1.29, 1.82) is 0 Å². The summed E-state index contributed by atoms with van der Waals surface area (Å²) in [6.45, 7) is 0.909. The van der Waals surface area contributed by atoms with Gasteiger partial charge in [-0.3, -0.25) is 9.59 Å². The highest BCUT2D eigenvalue weighted by atomic mass is 16.4. The van der Waals surface area contributed by atoms with Crippen molar-refractivity contribution in [2.75, 3.05) is 18.0 Å². The van der Waals surface area contributed by atoms with E-state index in [0.29, 0.717) is 0 Å². The van der Waals surface area contributed by atoms with Crippen molar-refractivity contribution >= 4 is 34.2 Å². The largest absolute Gasteiger partial charge is 0.479 e. The smallest absolute Gasteiger partial charge is 0.337 e. The SMILES string of the molecule is CC(O)(CNC(=O)C1CC(=O)N(c2cccc3ccccc23)C1)C(=O)O. The van der Waals surface area contributed by atoms with Gasteiger partial charge in [-0.25, -0.2) is 4.79 Å². The van der Waals surface area contributed by atoms with Crippen LogP contribution >= 0.6 is 0 Å². The number of hydrogen-bond acceptors (Lipinski definition) is 4. The molecule has 2 atom stereocenters. The molecule has 0 spiro atoms. The molecule has 7 heteroatoms. The summed E-state index contributed by atoms with van der Waals surface area (Å²) in [4.78, 5) is 37.2. The maximum absolute atomic E-state index is 12.4. The predicted molar refractivity (Wildman–Crippen MR) is 95.7 cm³/mol. The Morgan fingerprint density at radius 2 is 1.92 bits per heavy atom. The van der Waals surface area contributed by atoms with Gasteiger partial charge in [0, 0.05) is 18.4 Å². The first-order valence-electron chi connectivity index (χ1n) is 8.31. The monoisotopic (exact) mass is 356 g/mol. The van der Waals surface area contributed by atoms with Crippen molar-refractivity contribution in [1.82, 2.24) is 5.32 Å². The summed E-state index contributed by atoms with van der Waals surface area (Å²) >= 11 is 0. The molecule has 2 aromatic rings. The summed E-state index contributed by atoms with van der Waals surface area (Å²) in [5, 5.41) is 22.9. The Bertz CT molecular complexity index is 872. The lowest BCUT2D eigenvalue weighted by atomic mass is 10.1. The van der Waals surface area contributed by atoms with E-state index < -0.39 is 29.9 Å². The molecule has 2 amide bonds. The molecule has 0 saturated carbocycles. The molecule has 2 aromatic carbocycles. The van der Waals surface area contributed by atoms with Crippen LogP contribution in [0.3, 0.4) is 0 Å². The van der Waals surface area contributed by atoms with E-state index in [0.717, 1.165) is 23.4 Å². The number of rotatable bonds is 5. The molecule has 3 rings (SSSR count). The molecule has 0 aromatic heterocycles. The fraction of sp³-hybridized carbons (Fsp3) is 0.316. The number of nitrogens with zero attached hydrogens (tertiary/aromatic N) is 1. The molecule has 26 heavy (non-hydrogen) atoms. The Labute approximate surface area is 150 Å². The average molecular weight is 356 g/mol. The third-order valence-corrected chi connectivity index (χ3v) is 4.62. The normalized spacial score (nSPS) is 19.4. The van der Waals surface area contributed by atoms with Crippen LogP contribution in [0, 0.1) is 5.92 Å². The van der Waals surface area contributed by atoms with Gasteiger partial charge in [0.05, 0.1) is 18.2 Å². The maximum atomic E-state index is 12.4. The van der Waals surface area contributed by atoms with Crippen LogP contribution in [0.4, 0.5) is 5.69 Å². The number of aliphatic hydroxyl groups is 1. The van der Waals surface area contributed by atoms with Gasteiger partial charge in [0.2, 0.25) is 11.8 Å².